The van der Waals surface area contributed by atoms with Crippen molar-refractivity contribution in [3.63, 3.8) is 0 Å². The lowest BCUT2D eigenvalue weighted by Gasteiger charge is -2.06. The summed E-state index contributed by atoms with van der Waals surface area (Å²) in [6.45, 7) is 4.83. The van der Waals surface area contributed by atoms with Crippen LogP contribution in [-0.4, -0.2) is 21.4 Å². The van der Waals surface area contributed by atoms with Gasteiger partial charge in [0.15, 0.2) is 0 Å². The minimum atomic E-state index is 0.0777. The summed E-state index contributed by atoms with van der Waals surface area (Å²) in [5.74, 6) is 1.07. The predicted octanol–water partition coefficient (Wildman–Crippen LogP) is 2.30. The molecule has 0 saturated heterocycles. The Hall–Kier alpha value is -1.68. The van der Waals surface area contributed by atoms with Gasteiger partial charge >= 0.3 is 0 Å². The van der Waals surface area contributed by atoms with Crippen molar-refractivity contribution in [3.05, 3.63) is 30.1 Å². The number of carbonyl (C=O) groups is 1. The zero-order chi connectivity index (χ0) is 13.8. The molecule has 0 aliphatic heterocycles. The highest BCUT2D eigenvalue weighted by atomic mass is 16.1. The molecule has 0 amide bonds. The van der Waals surface area contributed by atoms with Gasteiger partial charge in [-0.25, -0.2) is 4.98 Å². The van der Waals surface area contributed by atoms with Crippen LogP contribution in [0.15, 0.2) is 24.3 Å². The van der Waals surface area contributed by atoms with E-state index in [1.54, 1.807) is 0 Å². The lowest BCUT2D eigenvalue weighted by atomic mass is 10.1. The first-order valence-corrected chi connectivity index (χ1v) is 6.83. The third-order valence-electron chi connectivity index (χ3n) is 3.28. The number of ketones is 1. The molecule has 1 aromatic carbocycles. The fraction of sp³-hybridized carbons (Fsp3) is 0.467. The van der Waals surface area contributed by atoms with E-state index in [1.807, 2.05) is 31.2 Å². The largest absolute Gasteiger partial charge is 0.328 e. The number of carbonyl (C=O) groups excluding carboxylic acids is 1. The van der Waals surface area contributed by atoms with Crippen molar-refractivity contribution in [1.82, 2.24) is 9.55 Å². The van der Waals surface area contributed by atoms with Gasteiger partial charge in [0.05, 0.1) is 17.5 Å². The number of aryl methyl sites for hydroxylation is 1. The van der Waals surface area contributed by atoms with E-state index in [-0.39, 0.29) is 11.8 Å². The van der Waals surface area contributed by atoms with Gasteiger partial charge in [-0.1, -0.05) is 12.1 Å². The number of benzene rings is 1. The van der Waals surface area contributed by atoms with Crippen molar-refractivity contribution < 1.29 is 4.79 Å². The van der Waals surface area contributed by atoms with E-state index in [0.717, 1.165) is 29.8 Å². The van der Waals surface area contributed by atoms with Crippen LogP contribution in [0.4, 0.5) is 0 Å². The van der Waals surface area contributed by atoms with Gasteiger partial charge in [-0.05, 0) is 32.4 Å². The number of imidazole rings is 1. The molecule has 1 heterocycles. The summed E-state index contributed by atoms with van der Waals surface area (Å²) in [6.07, 6.45) is 1.67. The third-order valence-corrected chi connectivity index (χ3v) is 3.28. The molecule has 1 atom stereocenters. The molecular formula is C15H21N3O. The number of aromatic nitrogens is 2. The summed E-state index contributed by atoms with van der Waals surface area (Å²) < 4.78 is 2.11. The maximum Gasteiger partial charge on any atom is 0.140 e. The average molecular weight is 259 g/mol. The van der Waals surface area contributed by atoms with E-state index in [9.17, 15) is 4.79 Å². The number of nitrogens with two attached hydrogens (primary N) is 1. The van der Waals surface area contributed by atoms with E-state index in [2.05, 4.69) is 16.5 Å². The molecule has 0 radical (unpaired) electrons. The second-order valence-electron chi connectivity index (χ2n) is 4.99. The summed E-state index contributed by atoms with van der Waals surface area (Å²) in [7, 11) is 0. The standard InChI is InChI=1S/C15H21N3O/c1-3-18-14-7-5-4-6-13(14)17-15(18)10-12(19)9-8-11(2)16/h4-7,11H,3,8-10,16H2,1-2H3. The Bertz CT molecular complexity index is 572. The Morgan fingerprint density at radius 2 is 2.16 bits per heavy atom. The number of hydrogen-bond donors (Lipinski definition) is 1. The molecule has 0 saturated carbocycles. The fourth-order valence-electron chi connectivity index (χ4n) is 2.27. The number of fused-ring (bicyclic) bond motifs is 1. The lowest BCUT2D eigenvalue weighted by molar-refractivity contribution is -0.118. The van der Waals surface area contributed by atoms with Crippen LogP contribution < -0.4 is 5.73 Å². The van der Waals surface area contributed by atoms with Crippen LogP contribution in [0.5, 0.6) is 0 Å². The smallest absolute Gasteiger partial charge is 0.140 e. The maximum atomic E-state index is 12.0. The number of para-hydroxylation sites is 2. The molecule has 0 bridgehead atoms. The van der Waals surface area contributed by atoms with Gasteiger partial charge in [0, 0.05) is 19.0 Å². The van der Waals surface area contributed by atoms with Crippen molar-refractivity contribution in [2.75, 3.05) is 0 Å². The van der Waals surface area contributed by atoms with Crippen LogP contribution >= 0.6 is 0 Å². The van der Waals surface area contributed by atoms with Crippen LogP contribution in [0.2, 0.25) is 0 Å². The summed E-state index contributed by atoms with van der Waals surface area (Å²) in [4.78, 5) is 16.5. The van der Waals surface area contributed by atoms with Gasteiger partial charge < -0.3 is 10.3 Å². The van der Waals surface area contributed by atoms with Crippen molar-refractivity contribution in [3.8, 4) is 0 Å². The number of rotatable bonds is 6. The van der Waals surface area contributed by atoms with Gasteiger partial charge in [0.1, 0.15) is 11.6 Å². The van der Waals surface area contributed by atoms with E-state index in [1.165, 1.54) is 0 Å². The summed E-state index contributed by atoms with van der Waals surface area (Å²) >= 11 is 0. The van der Waals surface area contributed by atoms with Crippen molar-refractivity contribution in [2.24, 2.45) is 5.73 Å². The predicted molar refractivity (Wildman–Crippen MR) is 77.0 cm³/mol. The molecule has 0 spiro atoms. The molecule has 0 fully saturated rings. The Labute approximate surface area is 113 Å². The SMILES string of the molecule is CCn1c(CC(=O)CCC(C)N)nc2ccccc21. The number of nitrogens with zero attached hydrogens (tertiary/aromatic N) is 2. The first kappa shape index (κ1) is 13.7. The molecule has 19 heavy (non-hydrogen) atoms. The summed E-state index contributed by atoms with van der Waals surface area (Å²) in [5, 5.41) is 0. The molecule has 1 aromatic heterocycles. The average Bonchev–Trinajstić information content (AvgIpc) is 2.73. The van der Waals surface area contributed by atoms with Crippen molar-refractivity contribution in [2.45, 2.75) is 45.7 Å². The molecule has 2 aromatic rings. The Morgan fingerprint density at radius 1 is 1.42 bits per heavy atom. The Balaban J connectivity index is 2.18. The highest BCUT2D eigenvalue weighted by molar-refractivity contribution is 5.82. The summed E-state index contributed by atoms with van der Waals surface area (Å²) in [5.41, 5.74) is 7.73. The van der Waals surface area contributed by atoms with Gasteiger partial charge in [-0.2, -0.15) is 0 Å². The minimum Gasteiger partial charge on any atom is -0.328 e. The normalized spacial score (nSPS) is 12.8. The van der Waals surface area contributed by atoms with Crippen LogP contribution in [0.3, 0.4) is 0 Å². The molecule has 4 nitrogen and oxygen atoms in total. The Kier molecular flexibility index (Phi) is 4.32. The highest BCUT2D eigenvalue weighted by Crippen LogP contribution is 2.16. The quantitative estimate of drug-likeness (QED) is 0.865. The van der Waals surface area contributed by atoms with Crippen LogP contribution in [0.25, 0.3) is 11.0 Å². The first-order valence-electron chi connectivity index (χ1n) is 6.83. The van der Waals surface area contributed by atoms with Crippen LogP contribution in [0.1, 0.15) is 32.5 Å². The van der Waals surface area contributed by atoms with E-state index in [0.29, 0.717) is 12.8 Å². The monoisotopic (exact) mass is 259 g/mol. The maximum absolute atomic E-state index is 12.0. The minimum absolute atomic E-state index is 0.0777. The molecule has 0 aliphatic carbocycles. The molecule has 0 aliphatic rings. The third kappa shape index (κ3) is 3.20. The van der Waals surface area contributed by atoms with Crippen LogP contribution in [-0.2, 0) is 17.8 Å². The first-order chi connectivity index (χ1) is 9.11. The highest BCUT2D eigenvalue weighted by Gasteiger charge is 2.13. The lowest BCUT2D eigenvalue weighted by Crippen LogP contribution is -2.17. The van der Waals surface area contributed by atoms with Crippen LogP contribution in [0, 0.1) is 0 Å². The van der Waals surface area contributed by atoms with E-state index < -0.39 is 0 Å². The van der Waals surface area contributed by atoms with E-state index in [4.69, 9.17) is 5.73 Å². The Morgan fingerprint density at radius 3 is 2.84 bits per heavy atom. The van der Waals surface area contributed by atoms with E-state index >= 15 is 0 Å². The molecule has 102 valence electrons. The fourth-order valence-corrected chi connectivity index (χ4v) is 2.27. The van der Waals surface area contributed by atoms with Gasteiger partial charge in [0.25, 0.3) is 0 Å². The van der Waals surface area contributed by atoms with Crippen molar-refractivity contribution >= 4 is 16.8 Å². The summed E-state index contributed by atoms with van der Waals surface area (Å²) in [6, 6.07) is 8.07. The molecule has 4 heteroatoms. The van der Waals surface area contributed by atoms with Gasteiger partial charge in [0.2, 0.25) is 0 Å². The molecule has 1 unspecified atom stereocenters. The molecule has 2 N–H and O–H groups in total. The number of hydrogen-bond acceptors (Lipinski definition) is 3. The topological polar surface area (TPSA) is 60.9 Å². The van der Waals surface area contributed by atoms with Crippen molar-refractivity contribution in [1.29, 1.82) is 0 Å². The zero-order valence-electron chi connectivity index (χ0n) is 11.6. The molecular weight excluding hydrogens is 238 g/mol. The second kappa shape index (κ2) is 5.97. The number of Topliss-reactive ketones (excluding diaryl/α,β-unsaturated/α-hetero) is 1. The van der Waals surface area contributed by atoms with Gasteiger partial charge in [-0.3, -0.25) is 4.79 Å². The second-order valence-corrected chi connectivity index (χ2v) is 4.99. The zero-order valence-corrected chi connectivity index (χ0v) is 11.6. The van der Waals surface area contributed by atoms with Gasteiger partial charge in [-0.15, -0.1) is 0 Å². The molecule has 2 rings (SSSR count).